The van der Waals surface area contributed by atoms with Crippen LogP contribution in [0.1, 0.15) is 50.3 Å². The Morgan fingerprint density at radius 3 is 2.29 bits per heavy atom. The molecule has 1 saturated heterocycles. The first-order valence-electron chi connectivity index (χ1n) is 13.7. The van der Waals surface area contributed by atoms with Crippen LogP contribution in [0.3, 0.4) is 0 Å². The number of benzene rings is 3. The molecular formula is C32H32N2O6S. The van der Waals surface area contributed by atoms with Gasteiger partial charge in [0.05, 0.1) is 42.2 Å². The molecule has 1 fully saturated rings. The highest BCUT2D eigenvalue weighted by atomic mass is 32.1. The van der Waals surface area contributed by atoms with Gasteiger partial charge < -0.3 is 19.3 Å². The zero-order chi connectivity index (χ0) is 28.9. The number of aromatic nitrogens is 1. The van der Waals surface area contributed by atoms with E-state index in [1.165, 1.54) is 16.2 Å². The zero-order valence-electron chi connectivity index (χ0n) is 23.3. The predicted molar refractivity (Wildman–Crippen MR) is 160 cm³/mol. The summed E-state index contributed by atoms with van der Waals surface area (Å²) in [5.41, 5.74) is 1.72. The smallest absolute Gasteiger partial charge is 0.301 e. The van der Waals surface area contributed by atoms with Crippen LogP contribution in [-0.2, 0) is 9.59 Å². The van der Waals surface area contributed by atoms with Crippen LogP contribution in [-0.4, -0.2) is 42.1 Å². The third-order valence-electron chi connectivity index (χ3n) is 6.89. The lowest BCUT2D eigenvalue weighted by molar-refractivity contribution is -0.132. The second-order valence-corrected chi connectivity index (χ2v) is 10.6. The van der Waals surface area contributed by atoms with E-state index in [1.807, 2.05) is 43.3 Å². The van der Waals surface area contributed by atoms with Crippen molar-refractivity contribution < 1.29 is 28.9 Å². The number of carbonyl (C=O) groups excluding carboxylic acids is 2. The highest BCUT2D eigenvalue weighted by Crippen LogP contribution is 2.45. The molecule has 0 aliphatic carbocycles. The van der Waals surface area contributed by atoms with Crippen molar-refractivity contribution in [2.75, 3.05) is 25.2 Å². The van der Waals surface area contributed by atoms with E-state index in [1.54, 1.807) is 37.4 Å². The van der Waals surface area contributed by atoms with Crippen LogP contribution >= 0.6 is 11.3 Å². The van der Waals surface area contributed by atoms with Gasteiger partial charge in [0, 0.05) is 5.56 Å². The van der Waals surface area contributed by atoms with Crippen LogP contribution in [0.15, 0.2) is 72.3 Å². The summed E-state index contributed by atoms with van der Waals surface area (Å²) in [6, 6.07) is 18.6. The number of anilines is 1. The van der Waals surface area contributed by atoms with Gasteiger partial charge in [0.1, 0.15) is 23.0 Å². The summed E-state index contributed by atoms with van der Waals surface area (Å²) in [5, 5.41) is 11.8. The Bertz CT molecular complexity index is 1580. The first-order valence-corrected chi connectivity index (χ1v) is 14.5. The number of thiazole rings is 1. The molecule has 8 nitrogen and oxygen atoms in total. The van der Waals surface area contributed by atoms with Gasteiger partial charge in [-0.25, -0.2) is 4.98 Å². The van der Waals surface area contributed by atoms with Gasteiger partial charge in [0.25, 0.3) is 5.78 Å². The number of carbonyl (C=O) groups is 2. The number of aliphatic hydroxyl groups excluding tert-OH is 1. The Kier molecular flexibility index (Phi) is 8.54. The number of hydrogen-bond acceptors (Lipinski definition) is 8. The normalized spacial score (nSPS) is 16.4. The Hall–Kier alpha value is -4.37. The average Bonchev–Trinajstić information content (AvgIpc) is 3.53. The topological polar surface area (TPSA) is 98.2 Å². The molecule has 0 radical (unpaired) electrons. The number of amides is 1. The molecule has 0 saturated carbocycles. The number of hydrogen-bond donors (Lipinski definition) is 1. The van der Waals surface area contributed by atoms with Crippen molar-refractivity contribution in [3.8, 4) is 17.2 Å². The van der Waals surface area contributed by atoms with E-state index in [-0.39, 0.29) is 11.3 Å². The second-order valence-electron chi connectivity index (χ2n) is 9.58. The summed E-state index contributed by atoms with van der Waals surface area (Å²) >= 11 is 1.28. The fraction of sp³-hybridized carbons (Fsp3) is 0.281. The average molecular weight is 573 g/mol. The fourth-order valence-electron chi connectivity index (χ4n) is 4.79. The van der Waals surface area contributed by atoms with Crippen molar-refractivity contribution in [1.82, 2.24) is 4.98 Å². The molecule has 1 aliphatic heterocycles. The van der Waals surface area contributed by atoms with E-state index < -0.39 is 17.7 Å². The monoisotopic (exact) mass is 572 g/mol. The Morgan fingerprint density at radius 2 is 1.61 bits per heavy atom. The third kappa shape index (κ3) is 5.76. The van der Waals surface area contributed by atoms with E-state index in [9.17, 15) is 14.7 Å². The fourth-order valence-corrected chi connectivity index (χ4v) is 5.81. The van der Waals surface area contributed by atoms with Gasteiger partial charge >= 0.3 is 5.91 Å². The second kappa shape index (κ2) is 12.4. The molecule has 1 amide bonds. The van der Waals surface area contributed by atoms with Gasteiger partial charge in [-0.3, -0.25) is 14.5 Å². The summed E-state index contributed by atoms with van der Waals surface area (Å²) in [6.45, 7) is 5.14. The van der Waals surface area contributed by atoms with E-state index in [0.717, 1.165) is 24.0 Å². The van der Waals surface area contributed by atoms with Gasteiger partial charge in [-0.05, 0) is 73.5 Å². The maximum absolute atomic E-state index is 13.6. The molecule has 4 aromatic rings. The number of unbranched alkanes of at least 4 members (excludes halogenated alkanes) is 2. The molecule has 41 heavy (non-hydrogen) atoms. The van der Waals surface area contributed by atoms with Crippen LogP contribution in [0, 0.1) is 0 Å². The Morgan fingerprint density at radius 1 is 0.927 bits per heavy atom. The van der Waals surface area contributed by atoms with Crippen LogP contribution in [0.5, 0.6) is 17.2 Å². The highest BCUT2D eigenvalue weighted by molar-refractivity contribution is 7.22. The van der Waals surface area contributed by atoms with Crippen LogP contribution in [0.4, 0.5) is 5.13 Å². The number of Topliss-reactive ketones (excluding diaryl/α,β-unsaturated/α-hetero) is 1. The van der Waals surface area contributed by atoms with E-state index >= 15 is 0 Å². The molecule has 2 heterocycles. The summed E-state index contributed by atoms with van der Waals surface area (Å²) < 4.78 is 17.5. The first kappa shape index (κ1) is 28.2. The van der Waals surface area contributed by atoms with Gasteiger partial charge in [-0.1, -0.05) is 43.2 Å². The molecule has 9 heteroatoms. The largest absolute Gasteiger partial charge is 0.507 e. The summed E-state index contributed by atoms with van der Waals surface area (Å²) in [4.78, 5) is 33.2. The molecule has 1 aliphatic rings. The first-order chi connectivity index (χ1) is 19.9. The van der Waals surface area contributed by atoms with E-state index in [2.05, 4.69) is 11.9 Å². The van der Waals surface area contributed by atoms with Crippen molar-refractivity contribution in [2.45, 2.75) is 39.2 Å². The number of fused-ring (bicyclic) bond motifs is 1. The van der Waals surface area contributed by atoms with Gasteiger partial charge in [0.2, 0.25) is 0 Å². The quantitative estimate of drug-likeness (QED) is 0.0904. The minimum atomic E-state index is -0.891. The molecule has 0 spiro atoms. The van der Waals surface area contributed by atoms with Crippen LogP contribution in [0.25, 0.3) is 16.0 Å². The van der Waals surface area contributed by atoms with Crippen molar-refractivity contribution in [3.05, 3.63) is 83.4 Å². The summed E-state index contributed by atoms with van der Waals surface area (Å²) in [7, 11) is 1.58. The van der Waals surface area contributed by atoms with Crippen LogP contribution in [0.2, 0.25) is 0 Å². The maximum Gasteiger partial charge on any atom is 0.301 e. The number of nitrogens with zero attached hydrogens (tertiary/aromatic N) is 2. The van der Waals surface area contributed by atoms with E-state index in [0.29, 0.717) is 52.2 Å². The lowest BCUT2D eigenvalue weighted by atomic mass is 9.95. The third-order valence-corrected chi connectivity index (χ3v) is 7.90. The predicted octanol–water partition coefficient (Wildman–Crippen LogP) is 6.90. The van der Waals surface area contributed by atoms with Crippen LogP contribution < -0.4 is 19.1 Å². The lowest BCUT2D eigenvalue weighted by Crippen LogP contribution is -2.29. The van der Waals surface area contributed by atoms with Crippen molar-refractivity contribution in [2.24, 2.45) is 0 Å². The minimum Gasteiger partial charge on any atom is -0.507 e. The standard InChI is InChI=1S/C32H32N2O6S/c1-4-6-7-18-40-23-12-8-20(9-13-23)28-27(29(35)21-10-14-22(15-11-21)39-5-2)30(36)31(37)34(28)32-33-25-17-16-24(38-3)19-26(25)41-32/h8-17,19,28,35H,4-7,18H2,1-3H3. The lowest BCUT2D eigenvalue weighted by Gasteiger charge is -2.23. The molecule has 0 bridgehead atoms. The van der Waals surface area contributed by atoms with Crippen molar-refractivity contribution in [3.63, 3.8) is 0 Å². The number of methoxy groups -OCH3 is 1. The number of rotatable bonds is 11. The van der Waals surface area contributed by atoms with Crippen molar-refractivity contribution >= 4 is 44.1 Å². The highest BCUT2D eigenvalue weighted by Gasteiger charge is 2.48. The zero-order valence-corrected chi connectivity index (χ0v) is 24.1. The number of aliphatic hydroxyl groups is 1. The molecule has 5 rings (SSSR count). The van der Waals surface area contributed by atoms with Gasteiger partial charge in [-0.2, -0.15) is 0 Å². The molecule has 3 aromatic carbocycles. The van der Waals surface area contributed by atoms with Crippen molar-refractivity contribution in [1.29, 1.82) is 0 Å². The minimum absolute atomic E-state index is 0.00684. The number of ketones is 1. The Balaban J connectivity index is 1.58. The molecule has 1 aromatic heterocycles. The molecule has 1 unspecified atom stereocenters. The van der Waals surface area contributed by atoms with E-state index in [4.69, 9.17) is 14.2 Å². The molecule has 1 N–H and O–H groups in total. The van der Waals surface area contributed by atoms with Gasteiger partial charge in [-0.15, -0.1) is 0 Å². The maximum atomic E-state index is 13.6. The SMILES string of the molecule is CCCCCOc1ccc(C2C(=C(O)c3ccc(OCC)cc3)C(=O)C(=O)N2c2nc3ccc(OC)cc3s2)cc1. The number of ether oxygens (including phenoxy) is 3. The molecule has 1 atom stereocenters. The van der Waals surface area contributed by atoms with Gasteiger partial charge in [0.15, 0.2) is 5.13 Å². The Labute approximate surface area is 242 Å². The molecular weight excluding hydrogens is 540 g/mol. The summed E-state index contributed by atoms with van der Waals surface area (Å²) in [5.74, 6) is 0.199. The molecule has 212 valence electrons. The summed E-state index contributed by atoms with van der Waals surface area (Å²) in [6.07, 6.45) is 3.16.